The zero-order valence-corrected chi connectivity index (χ0v) is 11.2. The van der Waals surface area contributed by atoms with E-state index < -0.39 is 0 Å². The summed E-state index contributed by atoms with van der Waals surface area (Å²) in [6.45, 7) is 7.23. The molecule has 0 spiro atoms. The summed E-state index contributed by atoms with van der Waals surface area (Å²) in [7, 11) is 0. The molecule has 0 radical (unpaired) electrons. The quantitative estimate of drug-likeness (QED) is 0.877. The molecule has 2 rings (SSSR count). The second kappa shape index (κ2) is 5.78. The van der Waals surface area contributed by atoms with E-state index in [9.17, 15) is 0 Å². The lowest BCUT2D eigenvalue weighted by molar-refractivity contribution is 0.364. The van der Waals surface area contributed by atoms with Crippen molar-refractivity contribution in [2.45, 2.75) is 39.4 Å². The van der Waals surface area contributed by atoms with Gasteiger partial charge in [0.25, 0.3) is 0 Å². The van der Waals surface area contributed by atoms with Crippen LogP contribution in [0.5, 0.6) is 0 Å². The van der Waals surface area contributed by atoms with E-state index in [1.165, 1.54) is 5.56 Å². The molecule has 96 valence electrons. The van der Waals surface area contributed by atoms with Crippen molar-refractivity contribution in [1.29, 1.82) is 0 Å². The number of nitrogens with one attached hydrogen (secondary N) is 1. The fourth-order valence-electron chi connectivity index (χ4n) is 1.90. The van der Waals surface area contributed by atoms with Gasteiger partial charge in [-0.05, 0) is 38.5 Å². The molecule has 0 saturated heterocycles. The average molecular weight is 244 g/mol. The third kappa shape index (κ3) is 2.96. The van der Waals surface area contributed by atoms with Crippen LogP contribution < -0.4 is 5.32 Å². The molecule has 0 aromatic carbocycles. The summed E-state index contributed by atoms with van der Waals surface area (Å²) in [5.41, 5.74) is 2.33. The van der Waals surface area contributed by atoms with Crippen molar-refractivity contribution in [2.24, 2.45) is 0 Å². The molecule has 0 aliphatic carbocycles. The molecule has 2 heterocycles. The molecule has 0 aliphatic heterocycles. The maximum absolute atomic E-state index is 4.29. The van der Waals surface area contributed by atoms with Crippen LogP contribution in [0.15, 0.2) is 36.8 Å². The van der Waals surface area contributed by atoms with Gasteiger partial charge < -0.3 is 5.32 Å². The van der Waals surface area contributed by atoms with Gasteiger partial charge in [0.2, 0.25) is 0 Å². The fourth-order valence-corrected chi connectivity index (χ4v) is 1.90. The first-order chi connectivity index (χ1) is 8.68. The minimum absolute atomic E-state index is 0.331. The van der Waals surface area contributed by atoms with Crippen molar-refractivity contribution < 1.29 is 0 Å². The molecular weight excluding hydrogens is 224 g/mol. The Balaban J connectivity index is 1.92. The van der Waals surface area contributed by atoms with Crippen LogP contribution in [0.4, 0.5) is 0 Å². The summed E-state index contributed by atoms with van der Waals surface area (Å²) in [6, 6.07) is 6.72. The van der Waals surface area contributed by atoms with E-state index in [-0.39, 0.29) is 0 Å². The molecule has 18 heavy (non-hydrogen) atoms. The van der Waals surface area contributed by atoms with Gasteiger partial charge in [0.05, 0.1) is 6.04 Å². The molecule has 2 aromatic rings. The van der Waals surface area contributed by atoms with Crippen molar-refractivity contribution in [3.05, 3.63) is 48.0 Å². The summed E-state index contributed by atoms with van der Waals surface area (Å²) in [6.07, 6.45) is 5.64. The van der Waals surface area contributed by atoms with E-state index in [4.69, 9.17) is 0 Å². The van der Waals surface area contributed by atoms with E-state index in [1.54, 1.807) is 0 Å². The molecule has 0 amide bonds. The van der Waals surface area contributed by atoms with Gasteiger partial charge in [0, 0.05) is 36.9 Å². The predicted octanol–water partition coefficient (Wildman–Crippen LogP) is 2.33. The third-order valence-corrected chi connectivity index (χ3v) is 3.40. The summed E-state index contributed by atoms with van der Waals surface area (Å²) in [5, 5.41) is 7.80. The minimum atomic E-state index is 0.331. The van der Waals surface area contributed by atoms with E-state index in [0.29, 0.717) is 12.1 Å². The SMILES string of the molecule is Cc1ncccc1CN[C@@H](C)[C@H](C)n1cccn1. The minimum Gasteiger partial charge on any atom is -0.308 e. The molecule has 0 bridgehead atoms. The first-order valence-corrected chi connectivity index (χ1v) is 6.31. The monoisotopic (exact) mass is 244 g/mol. The van der Waals surface area contributed by atoms with E-state index in [1.807, 2.05) is 42.3 Å². The first kappa shape index (κ1) is 12.8. The number of pyridine rings is 1. The molecule has 2 atom stereocenters. The van der Waals surface area contributed by atoms with Crippen LogP contribution >= 0.6 is 0 Å². The van der Waals surface area contributed by atoms with Crippen LogP contribution in [-0.4, -0.2) is 20.8 Å². The largest absolute Gasteiger partial charge is 0.308 e. The van der Waals surface area contributed by atoms with Crippen LogP contribution in [0.1, 0.15) is 31.1 Å². The maximum Gasteiger partial charge on any atom is 0.0641 e. The molecule has 1 N–H and O–H groups in total. The van der Waals surface area contributed by atoms with Gasteiger partial charge in [0.15, 0.2) is 0 Å². The normalized spacial score (nSPS) is 14.4. The molecular formula is C14H20N4. The molecule has 0 unspecified atom stereocenters. The average Bonchev–Trinajstić information content (AvgIpc) is 2.90. The Morgan fingerprint density at radius 2 is 2.11 bits per heavy atom. The van der Waals surface area contributed by atoms with Gasteiger partial charge in [-0.1, -0.05) is 6.07 Å². The zero-order valence-electron chi connectivity index (χ0n) is 11.2. The highest BCUT2D eigenvalue weighted by molar-refractivity contribution is 5.17. The number of hydrogen-bond acceptors (Lipinski definition) is 3. The molecule has 0 saturated carbocycles. The van der Waals surface area contributed by atoms with Crippen LogP contribution in [0.25, 0.3) is 0 Å². The van der Waals surface area contributed by atoms with Crippen molar-refractivity contribution in [3.63, 3.8) is 0 Å². The third-order valence-electron chi connectivity index (χ3n) is 3.40. The Morgan fingerprint density at radius 3 is 2.78 bits per heavy atom. The van der Waals surface area contributed by atoms with Crippen molar-refractivity contribution in [2.75, 3.05) is 0 Å². The van der Waals surface area contributed by atoms with E-state index >= 15 is 0 Å². The topological polar surface area (TPSA) is 42.7 Å². The molecule has 4 heteroatoms. The number of hydrogen-bond donors (Lipinski definition) is 1. The lowest BCUT2D eigenvalue weighted by Crippen LogP contribution is -2.33. The Kier molecular flexibility index (Phi) is 4.10. The summed E-state index contributed by atoms with van der Waals surface area (Å²) in [5.74, 6) is 0. The molecule has 2 aromatic heterocycles. The highest BCUT2D eigenvalue weighted by Gasteiger charge is 2.13. The van der Waals surface area contributed by atoms with E-state index in [2.05, 4.69) is 35.3 Å². The van der Waals surface area contributed by atoms with Crippen LogP contribution in [0, 0.1) is 6.92 Å². The summed E-state index contributed by atoms with van der Waals surface area (Å²) in [4.78, 5) is 4.29. The lowest BCUT2D eigenvalue weighted by Gasteiger charge is -2.22. The highest BCUT2D eigenvalue weighted by atomic mass is 15.3. The Morgan fingerprint density at radius 1 is 1.28 bits per heavy atom. The number of nitrogens with zero attached hydrogens (tertiary/aromatic N) is 3. The molecule has 0 fully saturated rings. The van der Waals surface area contributed by atoms with E-state index in [0.717, 1.165) is 12.2 Å². The van der Waals surface area contributed by atoms with Crippen molar-refractivity contribution >= 4 is 0 Å². The zero-order chi connectivity index (χ0) is 13.0. The summed E-state index contributed by atoms with van der Waals surface area (Å²) < 4.78 is 1.98. The van der Waals surface area contributed by atoms with Gasteiger partial charge >= 0.3 is 0 Å². The second-order valence-electron chi connectivity index (χ2n) is 4.64. The lowest BCUT2D eigenvalue weighted by atomic mass is 10.1. The van der Waals surface area contributed by atoms with Gasteiger partial charge in [-0.2, -0.15) is 5.10 Å². The van der Waals surface area contributed by atoms with Crippen LogP contribution in [0.3, 0.4) is 0 Å². The van der Waals surface area contributed by atoms with Crippen molar-refractivity contribution in [1.82, 2.24) is 20.1 Å². The number of rotatable bonds is 5. The number of aromatic nitrogens is 3. The first-order valence-electron chi connectivity index (χ1n) is 6.31. The predicted molar refractivity (Wildman–Crippen MR) is 72.2 cm³/mol. The van der Waals surface area contributed by atoms with Gasteiger partial charge in [-0.15, -0.1) is 0 Å². The smallest absolute Gasteiger partial charge is 0.0641 e. The Labute approximate surface area is 108 Å². The van der Waals surface area contributed by atoms with Gasteiger partial charge in [-0.25, -0.2) is 0 Å². The van der Waals surface area contributed by atoms with Gasteiger partial charge in [0.1, 0.15) is 0 Å². The highest BCUT2D eigenvalue weighted by Crippen LogP contribution is 2.10. The van der Waals surface area contributed by atoms with Gasteiger partial charge in [-0.3, -0.25) is 9.67 Å². The molecule has 4 nitrogen and oxygen atoms in total. The van der Waals surface area contributed by atoms with Crippen molar-refractivity contribution in [3.8, 4) is 0 Å². The Bertz CT molecular complexity index is 478. The maximum atomic E-state index is 4.29. The standard InChI is InChI=1S/C14H20N4/c1-11(13(3)18-9-5-8-17-18)16-10-14-6-4-7-15-12(14)2/h4-9,11,13,16H,10H2,1-3H3/t11-,13-/m0/s1. The van der Waals surface area contributed by atoms with Crippen LogP contribution in [0.2, 0.25) is 0 Å². The summed E-state index contributed by atoms with van der Waals surface area (Å²) >= 11 is 0. The Hall–Kier alpha value is -1.68. The number of aryl methyl sites for hydroxylation is 1. The fraction of sp³-hybridized carbons (Fsp3) is 0.429. The molecule has 0 aliphatic rings. The van der Waals surface area contributed by atoms with Crippen LogP contribution in [-0.2, 0) is 6.54 Å². The second-order valence-corrected chi connectivity index (χ2v) is 4.64.